The molecule has 3 aromatic heterocycles. The van der Waals surface area contributed by atoms with Crippen LogP contribution >= 0.6 is 11.6 Å². The standard InChI is InChI=1S/C13H9ClN6O/c14-12-10-7-16-9(4-11(10)18-19-12)6-17-20-13(21)8-2-1-3-15-5-8/h1-7H,(H,18,19)(H,20,21)/b17-6+. The molecular weight excluding hydrogens is 292 g/mol. The Morgan fingerprint density at radius 3 is 3.14 bits per heavy atom. The van der Waals surface area contributed by atoms with Gasteiger partial charge in [0, 0.05) is 18.6 Å². The number of hydrazone groups is 1. The monoisotopic (exact) mass is 300 g/mol. The highest BCUT2D eigenvalue weighted by molar-refractivity contribution is 6.34. The molecule has 0 unspecified atom stereocenters. The fourth-order valence-electron chi connectivity index (χ4n) is 1.68. The van der Waals surface area contributed by atoms with Crippen molar-refractivity contribution < 1.29 is 4.79 Å². The van der Waals surface area contributed by atoms with Gasteiger partial charge in [-0.1, -0.05) is 11.6 Å². The molecule has 0 aliphatic carbocycles. The number of halogens is 1. The van der Waals surface area contributed by atoms with E-state index >= 15 is 0 Å². The fourth-order valence-corrected chi connectivity index (χ4v) is 1.87. The van der Waals surface area contributed by atoms with Gasteiger partial charge in [-0.05, 0) is 18.2 Å². The van der Waals surface area contributed by atoms with Gasteiger partial charge in [-0.15, -0.1) is 0 Å². The van der Waals surface area contributed by atoms with Gasteiger partial charge in [-0.2, -0.15) is 10.2 Å². The number of rotatable bonds is 3. The predicted octanol–water partition coefficient (Wildman–Crippen LogP) is 1.77. The van der Waals surface area contributed by atoms with Crippen molar-refractivity contribution in [2.75, 3.05) is 0 Å². The lowest BCUT2D eigenvalue weighted by Gasteiger charge is -1.98. The zero-order valence-corrected chi connectivity index (χ0v) is 11.4. The van der Waals surface area contributed by atoms with Gasteiger partial charge in [0.1, 0.15) is 5.15 Å². The molecule has 0 aromatic carbocycles. The lowest BCUT2D eigenvalue weighted by Crippen LogP contribution is -2.17. The summed E-state index contributed by atoms with van der Waals surface area (Å²) in [6.45, 7) is 0. The van der Waals surface area contributed by atoms with E-state index in [2.05, 4.69) is 30.7 Å². The first-order valence-corrected chi connectivity index (χ1v) is 6.35. The molecule has 0 fully saturated rings. The summed E-state index contributed by atoms with van der Waals surface area (Å²) in [4.78, 5) is 19.7. The van der Waals surface area contributed by atoms with Crippen LogP contribution in [-0.4, -0.2) is 32.3 Å². The summed E-state index contributed by atoms with van der Waals surface area (Å²) in [7, 11) is 0. The van der Waals surface area contributed by atoms with Crippen molar-refractivity contribution in [1.29, 1.82) is 0 Å². The second-order valence-electron chi connectivity index (χ2n) is 4.10. The SMILES string of the molecule is O=C(N/N=C/c1cc2n[nH]c(Cl)c2cn1)c1cccnc1. The summed E-state index contributed by atoms with van der Waals surface area (Å²) >= 11 is 5.88. The van der Waals surface area contributed by atoms with Crippen LogP contribution in [-0.2, 0) is 0 Å². The Morgan fingerprint density at radius 2 is 2.33 bits per heavy atom. The second kappa shape index (κ2) is 5.68. The van der Waals surface area contributed by atoms with Crippen molar-refractivity contribution in [2.45, 2.75) is 0 Å². The first-order chi connectivity index (χ1) is 10.2. The normalized spacial score (nSPS) is 11.1. The van der Waals surface area contributed by atoms with E-state index in [9.17, 15) is 4.79 Å². The third kappa shape index (κ3) is 2.87. The number of fused-ring (bicyclic) bond motifs is 1. The molecule has 0 aliphatic heterocycles. The summed E-state index contributed by atoms with van der Waals surface area (Å²) in [5.41, 5.74) is 4.05. The van der Waals surface area contributed by atoms with E-state index in [4.69, 9.17) is 11.6 Å². The largest absolute Gasteiger partial charge is 0.272 e. The number of nitrogens with zero attached hydrogens (tertiary/aromatic N) is 4. The number of carbonyl (C=O) groups is 1. The highest BCUT2D eigenvalue weighted by Crippen LogP contribution is 2.18. The maximum absolute atomic E-state index is 11.7. The molecule has 0 bridgehead atoms. The van der Waals surface area contributed by atoms with Crippen LogP contribution in [0.3, 0.4) is 0 Å². The van der Waals surface area contributed by atoms with Crippen molar-refractivity contribution in [3.05, 3.63) is 53.2 Å². The molecule has 3 rings (SSSR count). The molecule has 104 valence electrons. The fraction of sp³-hybridized carbons (Fsp3) is 0. The quantitative estimate of drug-likeness (QED) is 0.569. The van der Waals surface area contributed by atoms with Crippen LogP contribution in [0, 0.1) is 0 Å². The Balaban J connectivity index is 1.71. The summed E-state index contributed by atoms with van der Waals surface area (Å²) < 4.78 is 0. The molecule has 0 atom stereocenters. The van der Waals surface area contributed by atoms with E-state index < -0.39 is 0 Å². The highest BCUT2D eigenvalue weighted by atomic mass is 35.5. The van der Waals surface area contributed by atoms with Crippen LogP contribution in [0.1, 0.15) is 16.1 Å². The van der Waals surface area contributed by atoms with Crippen molar-refractivity contribution in [3.63, 3.8) is 0 Å². The Morgan fingerprint density at radius 1 is 1.43 bits per heavy atom. The number of carbonyl (C=O) groups excluding carboxylic acids is 1. The molecule has 0 aliphatic rings. The molecule has 0 saturated heterocycles. The Labute approximate surface area is 124 Å². The summed E-state index contributed by atoms with van der Waals surface area (Å²) in [5, 5.41) is 11.7. The molecule has 2 N–H and O–H groups in total. The first kappa shape index (κ1) is 13.2. The molecular formula is C13H9ClN6O. The smallest absolute Gasteiger partial charge is 0.267 e. The number of aromatic nitrogens is 4. The second-order valence-corrected chi connectivity index (χ2v) is 4.48. The van der Waals surface area contributed by atoms with Crippen molar-refractivity contribution in [2.24, 2.45) is 5.10 Å². The molecule has 7 nitrogen and oxygen atoms in total. The van der Waals surface area contributed by atoms with Crippen LogP contribution in [0.15, 0.2) is 41.9 Å². The third-order valence-electron chi connectivity index (χ3n) is 2.70. The van der Waals surface area contributed by atoms with Gasteiger partial charge in [-0.3, -0.25) is 19.9 Å². The summed E-state index contributed by atoms with van der Waals surface area (Å²) in [6, 6.07) is 5.03. The van der Waals surface area contributed by atoms with Gasteiger partial charge >= 0.3 is 0 Å². The van der Waals surface area contributed by atoms with Gasteiger partial charge < -0.3 is 0 Å². The summed E-state index contributed by atoms with van der Waals surface area (Å²) in [6.07, 6.45) is 6.07. The van der Waals surface area contributed by atoms with Crippen LogP contribution < -0.4 is 5.43 Å². The Bertz CT molecular complexity index is 814. The van der Waals surface area contributed by atoms with Gasteiger partial charge in [-0.25, -0.2) is 5.43 Å². The van der Waals surface area contributed by atoms with E-state index in [-0.39, 0.29) is 5.91 Å². The third-order valence-corrected chi connectivity index (χ3v) is 2.99. The van der Waals surface area contributed by atoms with Gasteiger partial charge in [0.25, 0.3) is 5.91 Å². The maximum atomic E-state index is 11.7. The number of hydrogen-bond acceptors (Lipinski definition) is 5. The molecule has 0 radical (unpaired) electrons. The topological polar surface area (TPSA) is 95.9 Å². The molecule has 8 heteroatoms. The van der Waals surface area contributed by atoms with Gasteiger partial charge in [0.15, 0.2) is 0 Å². The minimum atomic E-state index is -0.344. The number of pyridine rings is 2. The van der Waals surface area contributed by atoms with Gasteiger partial charge in [0.05, 0.1) is 28.4 Å². The van der Waals surface area contributed by atoms with Crippen LogP contribution in [0.5, 0.6) is 0 Å². The highest BCUT2D eigenvalue weighted by Gasteiger charge is 2.05. The minimum Gasteiger partial charge on any atom is -0.267 e. The average Bonchev–Trinajstić information content (AvgIpc) is 2.89. The predicted molar refractivity (Wildman–Crippen MR) is 78.2 cm³/mol. The van der Waals surface area contributed by atoms with Crippen LogP contribution in [0.2, 0.25) is 5.15 Å². The molecule has 3 heterocycles. The Kier molecular flexibility index (Phi) is 3.57. The molecule has 3 aromatic rings. The van der Waals surface area contributed by atoms with E-state index in [1.165, 1.54) is 12.4 Å². The number of H-pyrrole nitrogens is 1. The average molecular weight is 301 g/mol. The van der Waals surface area contributed by atoms with Crippen molar-refractivity contribution in [1.82, 2.24) is 25.6 Å². The summed E-state index contributed by atoms with van der Waals surface area (Å²) in [5.74, 6) is -0.344. The number of nitrogens with one attached hydrogen (secondary N) is 2. The zero-order valence-electron chi connectivity index (χ0n) is 10.6. The van der Waals surface area contributed by atoms with Crippen LogP contribution in [0.25, 0.3) is 10.9 Å². The van der Waals surface area contributed by atoms with E-state index in [0.717, 1.165) is 5.39 Å². The lowest BCUT2D eigenvalue weighted by atomic mass is 10.3. The van der Waals surface area contributed by atoms with Crippen molar-refractivity contribution in [3.8, 4) is 0 Å². The maximum Gasteiger partial charge on any atom is 0.272 e. The lowest BCUT2D eigenvalue weighted by molar-refractivity contribution is 0.0955. The zero-order chi connectivity index (χ0) is 14.7. The van der Waals surface area contributed by atoms with E-state index in [1.807, 2.05) is 0 Å². The van der Waals surface area contributed by atoms with E-state index in [0.29, 0.717) is 21.9 Å². The van der Waals surface area contributed by atoms with Crippen LogP contribution in [0.4, 0.5) is 0 Å². The number of aromatic amines is 1. The van der Waals surface area contributed by atoms with Crippen molar-refractivity contribution >= 4 is 34.6 Å². The number of amides is 1. The van der Waals surface area contributed by atoms with Gasteiger partial charge in [0.2, 0.25) is 0 Å². The molecule has 1 amide bonds. The Hall–Kier alpha value is -2.80. The van der Waals surface area contributed by atoms with E-state index in [1.54, 1.807) is 30.6 Å². The number of hydrogen-bond donors (Lipinski definition) is 2. The first-order valence-electron chi connectivity index (χ1n) is 5.97. The molecule has 0 saturated carbocycles. The minimum absolute atomic E-state index is 0.344. The molecule has 21 heavy (non-hydrogen) atoms. The molecule has 0 spiro atoms.